The molecule has 0 bridgehead atoms. The summed E-state index contributed by atoms with van der Waals surface area (Å²) >= 11 is 2.48. The first-order valence-corrected chi connectivity index (χ1v) is 24.2. The Bertz CT molecular complexity index is 2980. The second kappa shape index (κ2) is 19.5. The molecular weight excluding hydrogens is 942 g/mol. The number of aromatic nitrogens is 4. The number of aliphatic imine (C=N–C) groups is 2. The highest BCUT2D eigenvalue weighted by Gasteiger charge is 2.67. The molecule has 0 spiro atoms. The SMILES string of the molecule is CCN(C)CC.[C-]#[N+]c1cnc2c(Cc3cc(F)c(F)c([C@@]4(C)N=C(N)S[C@@]5(CF)C[C@H]54)c3)nccc2c1.[C-]#[N+]c1cnc2c(Cc3cc(F)c(F)c([C@@]4(C)N=C(N)S[C@@]5(CO)C[C@H]54)c3)nccc2c1. The fourth-order valence-electron chi connectivity index (χ4n) is 9.61. The first-order valence-electron chi connectivity index (χ1n) is 22.5. The van der Waals surface area contributed by atoms with Gasteiger partial charge in [-0.1, -0.05) is 37.4 Å². The van der Waals surface area contributed by atoms with E-state index in [1.807, 2.05) is 0 Å². The zero-order chi connectivity index (χ0) is 50.3. The summed E-state index contributed by atoms with van der Waals surface area (Å²) in [6, 6.07) is 12.4. The number of nitrogens with zero attached hydrogens (tertiary/aromatic N) is 9. The van der Waals surface area contributed by atoms with Gasteiger partial charge in [0.15, 0.2) is 33.6 Å². The number of halogens is 5. The fraction of sp³-hybridized carbons (Fsp3) is 0.373. The van der Waals surface area contributed by atoms with Crippen molar-refractivity contribution in [1.29, 1.82) is 0 Å². The Morgan fingerprint density at radius 2 is 1.13 bits per heavy atom. The predicted octanol–water partition coefficient (Wildman–Crippen LogP) is 10.1. The zero-order valence-corrected chi connectivity index (χ0v) is 40.7. The van der Waals surface area contributed by atoms with Gasteiger partial charge in [0.05, 0.1) is 62.7 Å². The van der Waals surface area contributed by atoms with Crippen molar-refractivity contribution in [1.82, 2.24) is 24.8 Å². The highest BCUT2D eigenvalue weighted by atomic mass is 32.2. The molecular formula is C51H50F5N11OS2. The van der Waals surface area contributed by atoms with Crippen molar-refractivity contribution in [3.8, 4) is 0 Å². The van der Waals surface area contributed by atoms with Crippen LogP contribution in [-0.4, -0.2) is 83.2 Å². The van der Waals surface area contributed by atoms with Gasteiger partial charge in [-0.15, -0.1) is 0 Å². The van der Waals surface area contributed by atoms with E-state index in [0.29, 0.717) is 57.8 Å². The molecule has 6 heterocycles. The number of benzene rings is 2. The number of amidine groups is 2. The van der Waals surface area contributed by atoms with Crippen LogP contribution >= 0.6 is 23.5 Å². The second-order valence-corrected chi connectivity index (χ2v) is 21.2. The third-order valence-electron chi connectivity index (χ3n) is 13.9. The van der Waals surface area contributed by atoms with Crippen LogP contribution in [-0.2, 0) is 23.9 Å². The standard InChI is InChI=1S/C23H18F3N5S.C23H19F2N5OS.C5H13N/c1-22(18-9-23(18,11-24)32-21(27)31-22)15-5-12(6-16(25)19(15)26)7-17-20-13(3-4-29-17)8-14(28-2)10-30-20;1-22(18-9-23(18,11-31)32-21(26)30-22)15-5-12(6-16(24)19(15)25)7-17-20-13(3-4-28-17)8-14(27-2)10-29-20;1-4-6(3)5-2/h3-6,8,10,18H,7,9,11H2,1H3,(H2,27,31);3-6,8,10,18,31H,7,9,11H2,1H3,(H2,26,30);4-5H2,1-3H3/t2*18-,22+,23+;/m00./s1. The van der Waals surface area contributed by atoms with Crippen molar-refractivity contribution in [2.24, 2.45) is 33.3 Å². The molecule has 12 nitrogen and oxygen atoms in total. The molecule has 0 radical (unpaired) electrons. The van der Waals surface area contributed by atoms with Gasteiger partial charge in [-0.25, -0.2) is 31.6 Å². The van der Waals surface area contributed by atoms with Crippen molar-refractivity contribution >= 4 is 67.0 Å². The van der Waals surface area contributed by atoms with E-state index >= 15 is 4.39 Å². The first-order chi connectivity index (χ1) is 33.4. The molecule has 2 saturated carbocycles. The molecule has 10 rings (SSSR count). The number of hydrogen-bond donors (Lipinski definition) is 3. The number of fused-ring (bicyclic) bond motifs is 4. The zero-order valence-electron chi connectivity index (χ0n) is 39.1. The van der Waals surface area contributed by atoms with Crippen molar-refractivity contribution < 1.29 is 27.1 Å². The van der Waals surface area contributed by atoms with Crippen LogP contribution in [0.5, 0.6) is 0 Å². The van der Waals surface area contributed by atoms with Crippen LogP contribution in [0.25, 0.3) is 31.5 Å². The van der Waals surface area contributed by atoms with Crippen molar-refractivity contribution in [2.45, 2.75) is 74.0 Å². The minimum atomic E-state index is -1.16. The van der Waals surface area contributed by atoms with Gasteiger partial charge in [0, 0.05) is 60.6 Å². The van der Waals surface area contributed by atoms with Gasteiger partial charge in [-0.2, -0.15) is 0 Å². The average molecular weight is 992 g/mol. The first kappa shape index (κ1) is 50.1. The van der Waals surface area contributed by atoms with Gasteiger partial charge in [0.1, 0.15) is 6.67 Å². The molecule has 19 heteroatoms. The second-order valence-electron chi connectivity index (χ2n) is 18.3. The quantitative estimate of drug-likeness (QED) is 0.0891. The van der Waals surface area contributed by atoms with E-state index in [1.54, 1.807) is 62.6 Å². The van der Waals surface area contributed by atoms with Crippen LogP contribution in [0, 0.1) is 48.2 Å². The fourth-order valence-corrected chi connectivity index (χ4v) is 12.3. The normalized spacial score (nSPS) is 24.9. The van der Waals surface area contributed by atoms with E-state index in [9.17, 15) is 22.7 Å². The summed E-state index contributed by atoms with van der Waals surface area (Å²) in [7, 11) is 2.11. The summed E-state index contributed by atoms with van der Waals surface area (Å²) in [6.07, 6.45) is 7.68. The monoisotopic (exact) mass is 991 g/mol. The van der Waals surface area contributed by atoms with Gasteiger partial charge >= 0.3 is 0 Å². The Balaban J connectivity index is 0.000000169. The summed E-state index contributed by atoms with van der Waals surface area (Å²) in [5.41, 5.74) is 14.1. The van der Waals surface area contributed by atoms with Crippen molar-refractivity contribution in [3.05, 3.63) is 153 Å². The van der Waals surface area contributed by atoms with Gasteiger partial charge in [-0.05, 0) is 117 Å². The molecule has 0 unspecified atom stereocenters. The molecule has 4 aliphatic rings. The third kappa shape index (κ3) is 9.39. The number of aliphatic hydroxyl groups excluding tert-OH is 1. The van der Waals surface area contributed by atoms with Gasteiger partial charge in [0.25, 0.3) is 0 Å². The molecule has 0 saturated heterocycles. The average Bonchev–Trinajstić information content (AvgIpc) is 4.28. The van der Waals surface area contributed by atoms with Crippen LogP contribution in [0.1, 0.15) is 74.2 Å². The van der Waals surface area contributed by atoms with Gasteiger partial charge in [0.2, 0.25) is 11.4 Å². The number of aliphatic hydroxyl groups is 1. The van der Waals surface area contributed by atoms with Crippen molar-refractivity contribution in [3.63, 3.8) is 0 Å². The number of alkyl halides is 1. The minimum Gasteiger partial charge on any atom is -0.395 e. The molecule has 70 heavy (non-hydrogen) atoms. The highest BCUT2D eigenvalue weighted by molar-refractivity contribution is 8.15. The van der Waals surface area contributed by atoms with E-state index in [1.165, 1.54) is 35.9 Å². The molecule has 2 fully saturated rings. The smallest absolute Gasteiger partial charge is 0.205 e. The maximum Gasteiger partial charge on any atom is 0.205 e. The van der Waals surface area contributed by atoms with E-state index in [0.717, 1.165) is 36.0 Å². The lowest BCUT2D eigenvalue weighted by Gasteiger charge is -2.34. The Labute approximate surface area is 411 Å². The summed E-state index contributed by atoms with van der Waals surface area (Å²) in [5.74, 6) is -4.34. The van der Waals surface area contributed by atoms with Crippen LogP contribution in [0.15, 0.2) is 83.3 Å². The van der Waals surface area contributed by atoms with Crippen LogP contribution in [0.4, 0.5) is 33.3 Å². The van der Waals surface area contributed by atoms with Crippen LogP contribution in [0.2, 0.25) is 0 Å². The molecule has 2 aromatic carbocycles. The van der Waals surface area contributed by atoms with Crippen molar-refractivity contribution in [2.75, 3.05) is 33.4 Å². The summed E-state index contributed by atoms with van der Waals surface area (Å²) in [5, 5.41) is 11.8. The summed E-state index contributed by atoms with van der Waals surface area (Å²) in [4.78, 5) is 35.4. The molecule has 4 aromatic heterocycles. The molecule has 362 valence electrons. The number of hydrogen-bond acceptors (Lipinski definition) is 12. The molecule has 2 aliphatic carbocycles. The lowest BCUT2D eigenvalue weighted by Crippen LogP contribution is -2.37. The lowest BCUT2D eigenvalue weighted by atomic mass is 9.84. The Kier molecular flexibility index (Phi) is 14.0. The largest absolute Gasteiger partial charge is 0.395 e. The van der Waals surface area contributed by atoms with E-state index in [4.69, 9.17) is 24.6 Å². The number of pyridine rings is 4. The van der Waals surface area contributed by atoms with E-state index in [2.05, 4.69) is 65.4 Å². The maximum absolute atomic E-state index is 15.0. The summed E-state index contributed by atoms with van der Waals surface area (Å²) < 4.78 is 72.0. The minimum absolute atomic E-state index is 0.0690. The molecule has 5 N–H and O–H groups in total. The number of nitrogens with two attached hydrogens (primary N) is 2. The van der Waals surface area contributed by atoms with Crippen LogP contribution < -0.4 is 11.5 Å². The maximum atomic E-state index is 15.0. The topological polar surface area (TPSA) is 161 Å². The van der Waals surface area contributed by atoms with Gasteiger partial charge < -0.3 is 21.5 Å². The Morgan fingerprint density at radius 3 is 1.53 bits per heavy atom. The Morgan fingerprint density at radius 1 is 0.700 bits per heavy atom. The van der Waals surface area contributed by atoms with E-state index in [-0.39, 0.29) is 52.7 Å². The number of thioether (sulfide) groups is 2. The van der Waals surface area contributed by atoms with E-state index < -0.39 is 50.5 Å². The molecule has 0 amide bonds. The highest BCUT2D eigenvalue weighted by Crippen LogP contribution is 2.67. The molecule has 6 atom stereocenters. The molecule has 2 aliphatic heterocycles. The third-order valence-corrected chi connectivity index (χ3v) is 16.4. The van der Waals surface area contributed by atoms with Gasteiger partial charge in [-0.3, -0.25) is 29.9 Å². The molecule has 6 aromatic rings. The predicted molar refractivity (Wildman–Crippen MR) is 267 cm³/mol. The summed E-state index contributed by atoms with van der Waals surface area (Å²) in [6.45, 7) is 23.7. The number of rotatable bonds is 10. The van der Waals surface area contributed by atoms with Crippen LogP contribution in [0.3, 0.4) is 0 Å². The lowest BCUT2D eigenvalue weighted by molar-refractivity contribution is 0.264. The Hall–Kier alpha value is -6.25.